The number of hydrogen-bond acceptors (Lipinski definition) is 6. The summed E-state index contributed by atoms with van der Waals surface area (Å²) in [5, 5.41) is 9.42. The molecule has 3 rings (SSSR count). The minimum Gasteiger partial charge on any atom is -0.464 e. The maximum absolute atomic E-state index is 12.3. The molecule has 142 valence electrons. The lowest BCUT2D eigenvalue weighted by Crippen LogP contribution is -2.27. The molecule has 1 aromatic carbocycles. The van der Waals surface area contributed by atoms with E-state index in [9.17, 15) is 23.2 Å². The third-order valence-corrected chi connectivity index (χ3v) is 3.92. The molecule has 0 aliphatic carbocycles. The molecule has 0 aliphatic rings. The summed E-state index contributed by atoms with van der Waals surface area (Å²) >= 11 is 0. The first-order valence-electron chi connectivity index (χ1n) is 7.86. The first-order chi connectivity index (χ1) is 13.2. The van der Waals surface area contributed by atoms with Gasteiger partial charge in [0.2, 0.25) is 0 Å². The molecule has 2 N–H and O–H groups in total. The predicted octanol–water partition coefficient (Wildman–Crippen LogP) is 4.24. The number of nitriles is 1. The van der Waals surface area contributed by atoms with Crippen molar-refractivity contribution in [1.82, 2.24) is 4.98 Å². The Hall–Kier alpha value is -3.80. The van der Waals surface area contributed by atoms with Crippen molar-refractivity contribution in [2.45, 2.75) is 13.1 Å². The van der Waals surface area contributed by atoms with Gasteiger partial charge >= 0.3 is 12.1 Å². The highest BCUT2D eigenvalue weighted by atomic mass is 19.4. The van der Waals surface area contributed by atoms with Gasteiger partial charge in [-0.2, -0.15) is 18.4 Å². The molecule has 0 amide bonds. The van der Waals surface area contributed by atoms with E-state index in [1.807, 2.05) is 6.07 Å². The van der Waals surface area contributed by atoms with Crippen molar-refractivity contribution in [3.63, 3.8) is 0 Å². The SMILES string of the molecule is Cc1c(-c2ccc(OC(=O)C(F)(F)F)cc2)nc(N)c(C#N)c1-c1ccco1. The molecule has 0 aliphatic heterocycles. The Morgan fingerprint density at radius 3 is 2.46 bits per heavy atom. The van der Waals surface area contributed by atoms with Crippen LogP contribution in [0.5, 0.6) is 5.75 Å². The van der Waals surface area contributed by atoms with E-state index in [0.29, 0.717) is 28.1 Å². The van der Waals surface area contributed by atoms with Gasteiger partial charge in [-0.3, -0.25) is 0 Å². The van der Waals surface area contributed by atoms with Crippen LogP contribution in [0.25, 0.3) is 22.6 Å². The van der Waals surface area contributed by atoms with Gasteiger partial charge in [0.05, 0.1) is 12.0 Å². The van der Waals surface area contributed by atoms with Crippen molar-refractivity contribution >= 4 is 11.8 Å². The molecule has 2 heterocycles. The van der Waals surface area contributed by atoms with Gasteiger partial charge in [-0.25, -0.2) is 9.78 Å². The first kappa shape index (κ1) is 19.0. The Balaban J connectivity index is 2.03. The van der Waals surface area contributed by atoms with E-state index in [2.05, 4.69) is 9.72 Å². The number of carbonyl (C=O) groups excluding carboxylic acids is 1. The monoisotopic (exact) mass is 387 g/mol. The minimum atomic E-state index is -5.09. The lowest BCUT2D eigenvalue weighted by atomic mass is 9.96. The number of halogens is 3. The average molecular weight is 387 g/mol. The van der Waals surface area contributed by atoms with Crippen molar-refractivity contribution in [2.75, 3.05) is 5.73 Å². The van der Waals surface area contributed by atoms with Gasteiger partial charge in [0.1, 0.15) is 29.0 Å². The second-order valence-electron chi connectivity index (χ2n) is 5.72. The maximum Gasteiger partial charge on any atom is 0.491 e. The molecule has 0 saturated carbocycles. The third-order valence-electron chi connectivity index (χ3n) is 3.92. The van der Waals surface area contributed by atoms with Gasteiger partial charge in [0.15, 0.2) is 0 Å². The zero-order valence-corrected chi connectivity index (χ0v) is 14.4. The van der Waals surface area contributed by atoms with Crippen LogP contribution in [0.3, 0.4) is 0 Å². The van der Waals surface area contributed by atoms with Crippen molar-refractivity contribution in [3.8, 4) is 34.4 Å². The Morgan fingerprint density at radius 1 is 1.25 bits per heavy atom. The number of aromatic nitrogens is 1. The Labute approximate surface area is 157 Å². The molecule has 0 atom stereocenters. The summed E-state index contributed by atoms with van der Waals surface area (Å²) in [5.41, 5.74) is 8.07. The average Bonchev–Trinajstić information content (AvgIpc) is 3.17. The molecular formula is C19H12F3N3O3. The Morgan fingerprint density at radius 2 is 1.93 bits per heavy atom. The van der Waals surface area contributed by atoms with Crippen LogP contribution in [0.1, 0.15) is 11.1 Å². The smallest absolute Gasteiger partial charge is 0.464 e. The topological polar surface area (TPSA) is 102 Å². The molecule has 0 saturated heterocycles. The first-order valence-corrected chi connectivity index (χ1v) is 7.86. The number of anilines is 1. The van der Waals surface area contributed by atoms with E-state index in [1.54, 1.807) is 19.1 Å². The number of nitrogens with two attached hydrogens (primary N) is 1. The summed E-state index contributed by atoms with van der Waals surface area (Å²) in [6, 6.07) is 10.6. The fourth-order valence-electron chi connectivity index (χ4n) is 2.66. The Kier molecular flexibility index (Phi) is 4.79. The molecule has 0 fully saturated rings. The van der Waals surface area contributed by atoms with Crippen LogP contribution < -0.4 is 10.5 Å². The number of alkyl halides is 3. The molecule has 6 nitrogen and oxygen atoms in total. The van der Waals surface area contributed by atoms with E-state index >= 15 is 0 Å². The van der Waals surface area contributed by atoms with Crippen molar-refractivity contribution in [2.24, 2.45) is 0 Å². The van der Waals surface area contributed by atoms with Gasteiger partial charge < -0.3 is 14.9 Å². The van der Waals surface area contributed by atoms with Crippen LogP contribution in [0.15, 0.2) is 47.1 Å². The maximum atomic E-state index is 12.3. The number of ether oxygens (including phenoxy) is 1. The molecule has 9 heteroatoms. The number of nitrogens with zero attached hydrogens (tertiary/aromatic N) is 2. The number of pyridine rings is 1. The minimum absolute atomic E-state index is 0.0120. The number of esters is 1. The lowest BCUT2D eigenvalue weighted by molar-refractivity contribution is -0.189. The van der Waals surface area contributed by atoms with E-state index in [-0.39, 0.29) is 17.1 Å². The fraction of sp³-hybridized carbons (Fsp3) is 0.105. The largest absolute Gasteiger partial charge is 0.491 e. The fourth-order valence-corrected chi connectivity index (χ4v) is 2.66. The van der Waals surface area contributed by atoms with E-state index in [4.69, 9.17) is 10.2 Å². The van der Waals surface area contributed by atoms with Crippen LogP contribution in [-0.4, -0.2) is 17.1 Å². The highest BCUT2D eigenvalue weighted by Gasteiger charge is 2.41. The molecule has 28 heavy (non-hydrogen) atoms. The number of rotatable bonds is 3. The second kappa shape index (κ2) is 7.08. The van der Waals surface area contributed by atoms with Gasteiger partial charge in [-0.15, -0.1) is 0 Å². The number of nitrogen functional groups attached to an aromatic ring is 1. The van der Waals surface area contributed by atoms with Gasteiger partial charge in [0, 0.05) is 11.1 Å². The number of carbonyl (C=O) groups is 1. The van der Waals surface area contributed by atoms with Crippen molar-refractivity contribution < 1.29 is 27.1 Å². The van der Waals surface area contributed by atoms with E-state index in [0.717, 1.165) is 0 Å². The van der Waals surface area contributed by atoms with Crippen LogP contribution in [0.4, 0.5) is 19.0 Å². The molecule has 0 spiro atoms. The zero-order valence-electron chi connectivity index (χ0n) is 14.4. The predicted molar refractivity (Wildman–Crippen MR) is 92.9 cm³/mol. The summed E-state index contributed by atoms with van der Waals surface area (Å²) in [5.74, 6) is -2.16. The van der Waals surface area contributed by atoms with Crippen LogP contribution >= 0.6 is 0 Å². The summed E-state index contributed by atoms with van der Waals surface area (Å²) in [7, 11) is 0. The number of furan rings is 1. The molecule has 3 aromatic rings. The normalized spacial score (nSPS) is 11.1. The van der Waals surface area contributed by atoms with Crippen molar-refractivity contribution in [1.29, 1.82) is 5.26 Å². The number of hydrogen-bond donors (Lipinski definition) is 1. The van der Waals surface area contributed by atoms with Crippen LogP contribution in [-0.2, 0) is 4.79 Å². The van der Waals surface area contributed by atoms with Crippen LogP contribution in [0, 0.1) is 18.3 Å². The zero-order chi connectivity index (χ0) is 20.5. The quantitative estimate of drug-likeness (QED) is 0.533. The highest BCUT2D eigenvalue weighted by Crippen LogP contribution is 2.36. The standard InChI is InChI=1S/C19H12F3N3O3/c1-10-15(14-3-2-8-27-14)13(9-23)17(24)25-16(10)11-4-6-12(7-5-11)28-18(26)19(20,21)22/h2-8H,1H3,(H2,24,25). The summed E-state index contributed by atoms with van der Waals surface area (Å²) in [6.45, 7) is 1.72. The summed E-state index contributed by atoms with van der Waals surface area (Å²) in [4.78, 5) is 15.2. The van der Waals surface area contributed by atoms with E-state index in [1.165, 1.54) is 30.5 Å². The third kappa shape index (κ3) is 3.53. The molecule has 0 radical (unpaired) electrons. The Bertz CT molecular complexity index is 1070. The van der Waals surface area contributed by atoms with Gasteiger partial charge in [0.25, 0.3) is 0 Å². The lowest BCUT2D eigenvalue weighted by Gasteiger charge is -2.13. The van der Waals surface area contributed by atoms with Gasteiger partial charge in [-0.05, 0) is 48.9 Å². The highest BCUT2D eigenvalue weighted by molar-refractivity contribution is 5.82. The molecule has 0 bridgehead atoms. The molecular weight excluding hydrogens is 375 g/mol. The second-order valence-corrected chi connectivity index (χ2v) is 5.72. The van der Waals surface area contributed by atoms with Gasteiger partial charge in [-0.1, -0.05) is 0 Å². The number of benzene rings is 1. The van der Waals surface area contributed by atoms with Crippen molar-refractivity contribution in [3.05, 3.63) is 53.8 Å². The summed E-state index contributed by atoms with van der Waals surface area (Å²) in [6.07, 6.45) is -3.63. The van der Waals surface area contributed by atoms with E-state index < -0.39 is 12.1 Å². The summed E-state index contributed by atoms with van der Waals surface area (Å²) < 4.78 is 46.5. The molecule has 2 aromatic heterocycles. The molecule has 0 unspecified atom stereocenters. The van der Waals surface area contributed by atoms with Crippen LogP contribution in [0.2, 0.25) is 0 Å².